The molecule has 6 nitrogen and oxygen atoms in total. The van der Waals surface area contributed by atoms with Crippen LogP contribution in [0.2, 0.25) is 0 Å². The van der Waals surface area contributed by atoms with Gasteiger partial charge in [0.1, 0.15) is 5.54 Å². The molecule has 2 rings (SSSR count). The molecule has 6 heteroatoms. The Hall–Kier alpha value is -2.11. The Bertz CT molecular complexity index is 547. The van der Waals surface area contributed by atoms with Gasteiger partial charge in [-0.2, -0.15) is 0 Å². The molecule has 0 aliphatic carbocycles. The molecule has 1 aliphatic heterocycles. The van der Waals surface area contributed by atoms with Crippen molar-refractivity contribution in [3.05, 3.63) is 24.0 Å². The van der Waals surface area contributed by atoms with Crippen molar-refractivity contribution in [3.8, 4) is 0 Å². The molecule has 1 unspecified atom stereocenters. The number of rotatable bonds is 4. The minimum atomic E-state index is -1.07. The van der Waals surface area contributed by atoms with Gasteiger partial charge in [0.15, 0.2) is 0 Å². The topological polar surface area (TPSA) is 82.5 Å². The fraction of sp³-hybridized carbons (Fsp3) is 0.533. The third-order valence-corrected chi connectivity index (χ3v) is 4.04. The molecule has 0 radical (unpaired) electrons. The maximum Gasteiger partial charge on any atom is 0.329 e. The molecule has 2 N–H and O–H groups in total. The maximum absolute atomic E-state index is 12.5. The molecule has 1 saturated heterocycles. The molecule has 0 saturated carbocycles. The first kappa shape index (κ1) is 15.3. The number of carbonyl (C=O) groups is 2. The second-order valence-corrected chi connectivity index (χ2v) is 5.41. The maximum atomic E-state index is 12.5. The van der Waals surface area contributed by atoms with Crippen LogP contribution in [-0.4, -0.2) is 39.1 Å². The molecule has 0 spiro atoms. The van der Waals surface area contributed by atoms with Gasteiger partial charge in [0.25, 0.3) is 0 Å². The van der Waals surface area contributed by atoms with Crippen molar-refractivity contribution in [3.63, 3.8) is 0 Å². The van der Waals surface area contributed by atoms with E-state index in [4.69, 9.17) is 0 Å². The summed E-state index contributed by atoms with van der Waals surface area (Å²) >= 11 is 0. The molecule has 1 atom stereocenters. The van der Waals surface area contributed by atoms with Crippen molar-refractivity contribution >= 4 is 17.7 Å². The SMILES string of the molecule is CCCC1(C(=O)O)CCCN1C(=O)Nc1cccnc1C. The largest absolute Gasteiger partial charge is 0.479 e. The molecular weight excluding hydrogens is 270 g/mol. The van der Waals surface area contributed by atoms with Crippen molar-refractivity contribution in [2.45, 2.75) is 45.1 Å². The minimum absolute atomic E-state index is 0.362. The van der Waals surface area contributed by atoms with Gasteiger partial charge in [-0.25, -0.2) is 9.59 Å². The molecule has 2 heterocycles. The predicted octanol–water partition coefficient (Wildman–Crippen LogP) is 2.64. The second-order valence-electron chi connectivity index (χ2n) is 5.41. The van der Waals surface area contributed by atoms with E-state index in [0.717, 1.165) is 6.42 Å². The summed E-state index contributed by atoms with van der Waals surface area (Å²) in [6.45, 7) is 4.21. The summed E-state index contributed by atoms with van der Waals surface area (Å²) in [4.78, 5) is 29.8. The quantitative estimate of drug-likeness (QED) is 0.893. The number of carboxylic acids is 1. The van der Waals surface area contributed by atoms with Gasteiger partial charge >= 0.3 is 12.0 Å². The van der Waals surface area contributed by atoms with Gasteiger partial charge in [-0.05, 0) is 38.3 Å². The fourth-order valence-electron chi connectivity index (χ4n) is 2.98. The third-order valence-electron chi connectivity index (χ3n) is 4.04. The number of aliphatic carboxylic acids is 1. The summed E-state index contributed by atoms with van der Waals surface area (Å²) in [6, 6.07) is 3.14. The molecule has 1 aromatic heterocycles. The Morgan fingerprint density at radius 1 is 1.52 bits per heavy atom. The highest BCUT2D eigenvalue weighted by Gasteiger charge is 2.49. The van der Waals surface area contributed by atoms with Crippen LogP contribution < -0.4 is 5.32 Å². The van der Waals surface area contributed by atoms with Gasteiger partial charge in [-0.15, -0.1) is 0 Å². The molecule has 1 aromatic rings. The molecule has 21 heavy (non-hydrogen) atoms. The zero-order chi connectivity index (χ0) is 15.5. The van der Waals surface area contributed by atoms with Crippen LogP contribution >= 0.6 is 0 Å². The van der Waals surface area contributed by atoms with Crippen LogP contribution in [0.1, 0.15) is 38.3 Å². The van der Waals surface area contributed by atoms with Gasteiger partial charge in [-0.1, -0.05) is 13.3 Å². The summed E-state index contributed by atoms with van der Waals surface area (Å²) in [5, 5.41) is 12.4. The van der Waals surface area contributed by atoms with E-state index in [-0.39, 0.29) is 6.03 Å². The van der Waals surface area contributed by atoms with Crippen LogP contribution in [0, 0.1) is 6.92 Å². The lowest BCUT2D eigenvalue weighted by atomic mass is 9.91. The number of nitrogens with one attached hydrogen (secondary N) is 1. The molecule has 0 aromatic carbocycles. The first-order valence-electron chi connectivity index (χ1n) is 7.25. The van der Waals surface area contributed by atoms with E-state index in [1.54, 1.807) is 25.3 Å². The number of urea groups is 1. The van der Waals surface area contributed by atoms with Crippen molar-refractivity contribution in [1.29, 1.82) is 0 Å². The van der Waals surface area contributed by atoms with Gasteiger partial charge in [0.2, 0.25) is 0 Å². The Morgan fingerprint density at radius 3 is 2.90 bits per heavy atom. The molecule has 1 fully saturated rings. The smallest absolute Gasteiger partial charge is 0.329 e. The highest BCUT2D eigenvalue weighted by molar-refractivity contribution is 5.94. The number of anilines is 1. The number of amides is 2. The number of nitrogens with zero attached hydrogens (tertiary/aromatic N) is 2. The lowest BCUT2D eigenvalue weighted by Crippen LogP contribution is -2.54. The van der Waals surface area contributed by atoms with Crippen molar-refractivity contribution in [2.24, 2.45) is 0 Å². The number of pyridine rings is 1. The lowest BCUT2D eigenvalue weighted by molar-refractivity contribution is -0.148. The zero-order valence-corrected chi connectivity index (χ0v) is 12.4. The molecule has 0 bridgehead atoms. The Balaban J connectivity index is 2.21. The van der Waals surface area contributed by atoms with Gasteiger partial charge in [-0.3, -0.25) is 4.98 Å². The third kappa shape index (κ3) is 2.84. The van der Waals surface area contributed by atoms with Crippen LogP contribution in [0.15, 0.2) is 18.3 Å². The number of carboxylic acid groups (broad SMARTS) is 1. The molecule has 1 aliphatic rings. The Labute approximate surface area is 124 Å². The Kier molecular flexibility index (Phi) is 4.45. The normalized spacial score (nSPS) is 21.3. The van der Waals surface area contributed by atoms with Gasteiger partial charge < -0.3 is 15.3 Å². The van der Waals surface area contributed by atoms with E-state index in [1.165, 1.54) is 4.90 Å². The number of likely N-dealkylation sites (tertiary alicyclic amines) is 1. The van der Waals surface area contributed by atoms with E-state index in [2.05, 4.69) is 10.3 Å². The fourth-order valence-corrected chi connectivity index (χ4v) is 2.98. The summed E-state index contributed by atoms with van der Waals surface area (Å²) in [7, 11) is 0. The van der Waals surface area contributed by atoms with Crippen LogP contribution in [0.4, 0.5) is 10.5 Å². The van der Waals surface area contributed by atoms with Crippen molar-refractivity contribution < 1.29 is 14.7 Å². The van der Waals surface area contributed by atoms with E-state index < -0.39 is 11.5 Å². The molecule has 2 amide bonds. The number of aromatic nitrogens is 1. The van der Waals surface area contributed by atoms with Gasteiger partial charge in [0.05, 0.1) is 11.4 Å². The van der Waals surface area contributed by atoms with E-state index in [1.807, 2.05) is 6.92 Å². The predicted molar refractivity (Wildman–Crippen MR) is 79.2 cm³/mol. The monoisotopic (exact) mass is 291 g/mol. The summed E-state index contributed by atoms with van der Waals surface area (Å²) in [5.41, 5.74) is 0.251. The highest BCUT2D eigenvalue weighted by atomic mass is 16.4. The van der Waals surface area contributed by atoms with E-state index in [9.17, 15) is 14.7 Å². The van der Waals surface area contributed by atoms with Crippen LogP contribution in [-0.2, 0) is 4.79 Å². The standard InChI is InChI=1S/C15H21N3O3/c1-3-7-15(13(19)20)8-5-10-18(15)14(21)17-12-6-4-9-16-11(12)2/h4,6,9H,3,5,7-8,10H2,1-2H3,(H,17,21)(H,19,20). The van der Waals surface area contributed by atoms with Crippen molar-refractivity contribution in [1.82, 2.24) is 9.88 Å². The number of aryl methyl sites for hydroxylation is 1. The van der Waals surface area contributed by atoms with Crippen LogP contribution in [0.5, 0.6) is 0 Å². The number of hydrogen-bond acceptors (Lipinski definition) is 3. The van der Waals surface area contributed by atoms with E-state index >= 15 is 0 Å². The summed E-state index contributed by atoms with van der Waals surface area (Å²) in [6.07, 6.45) is 4.07. The van der Waals surface area contributed by atoms with Crippen molar-refractivity contribution in [2.75, 3.05) is 11.9 Å². The number of hydrogen-bond donors (Lipinski definition) is 2. The highest BCUT2D eigenvalue weighted by Crippen LogP contribution is 2.34. The summed E-state index contributed by atoms with van der Waals surface area (Å²) < 4.78 is 0. The second kappa shape index (κ2) is 6.11. The van der Waals surface area contributed by atoms with Gasteiger partial charge in [0, 0.05) is 12.7 Å². The van der Waals surface area contributed by atoms with Crippen LogP contribution in [0.25, 0.3) is 0 Å². The lowest BCUT2D eigenvalue weighted by Gasteiger charge is -2.34. The minimum Gasteiger partial charge on any atom is -0.479 e. The average Bonchev–Trinajstić information content (AvgIpc) is 2.87. The first-order valence-corrected chi connectivity index (χ1v) is 7.25. The number of carbonyl (C=O) groups excluding carboxylic acids is 1. The summed E-state index contributed by atoms with van der Waals surface area (Å²) in [5.74, 6) is -0.917. The van der Waals surface area contributed by atoms with Crippen LogP contribution in [0.3, 0.4) is 0 Å². The average molecular weight is 291 g/mol. The van der Waals surface area contributed by atoms with E-state index in [0.29, 0.717) is 37.2 Å². The zero-order valence-electron chi connectivity index (χ0n) is 12.4. The molecule has 114 valence electrons. The first-order chi connectivity index (χ1) is 10.0. The molecular formula is C15H21N3O3. The Morgan fingerprint density at radius 2 is 2.29 bits per heavy atom.